The van der Waals surface area contributed by atoms with Gasteiger partial charge < -0.3 is 4.74 Å². The number of nitro groups is 1. The number of nitro benzene ring substituents is 1. The summed E-state index contributed by atoms with van der Waals surface area (Å²) >= 11 is 11.9. The van der Waals surface area contributed by atoms with E-state index in [0.717, 1.165) is 23.8 Å². The predicted molar refractivity (Wildman–Crippen MR) is 136 cm³/mol. The molecule has 0 saturated carbocycles. The van der Waals surface area contributed by atoms with Crippen molar-refractivity contribution in [3.05, 3.63) is 96.9 Å². The van der Waals surface area contributed by atoms with Gasteiger partial charge in [-0.25, -0.2) is 8.42 Å². The van der Waals surface area contributed by atoms with Crippen molar-refractivity contribution in [2.24, 2.45) is 0 Å². The summed E-state index contributed by atoms with van der Waals surface area (Å²) in [6.45, 7) is 6.20. The maximum atomic E-state index is 13.0. The lowest BCUT2D eigenvalue weighted by atomic mass is 9.87. The van der Waals surface area contributed by atoms with Gasteiger partial charge in [-0.3, -0.25) is 10.1 Å². The van der Waals surface area contributed by atoms with Crippen LogP contribution >= 0.6 is 23.2 Å². The fourth-order valence-corrected chi connectivity index (χ4v) is 5.04. The molecule has 0 amide bonds. The molecule has 0 aliphatic heterocycles. The zero-order chi connectivity index (χ0) is 26.0. The first-order chi connectivity index (χ1) is 16.3. The highest BCUT2D eigenvalue weighted by Gasteiger charge is 2.25. The van der Waals surface area contributed by atoms with Crippen LogP contribution < -0.4 is 4.74 Å². The predicted octanol–water partition coefficient (Wildman–Crippen LogP) is 7.33. The quantitative estimate of drug-likeness (QED) is 0.187. The highest BCUT2D eigenvalue weighted by Crippen LogP contribution is 2.35. The number of ether oxygens (including phenoxy) is 1. The lowest BCUT2D eigenvalue weighted by molar-refractivity contribution is -0.385. The van der Waals surface area contributed by atoms with E-state index < -0.39 is 25.4 Å². The molecule has 0 aromatic heterocycles. The third kappa shape index (κ3) is 6.01. The molecule has 180 valence electrons. The van der Waals surface area contributed by atoms with Crippen LogP contribution in [-0.2, 0) is 15.3 Å². The molecule has 7 nitrogen and oxygen atoms in total. The molecular weight excluding hydrogens is 511 g/mol. The molecule has 0 radical (unpaired) electrons. The van der Waals surface area contributed by atoms with Gasteiger partial charge in [-0.1, -0.05) is 62.2 Å². The average molecular weight is 531 g/mol. The Kier molecular flexibility index (Phi) is 7.56. The van der Waals surface area contributed by atoms with E-state index in [2.05, 4.69) is 20.8 Å². The Morgan fingerprint density at radius 3 is 2.29 bits per heavy atom. The van der Waals surface area contributed by atoms with E-state index in [9.17, 15) is 23.8 Å². The zero-order valence-corrected chi connectivity index (χ0v) is 21.3. The fourth-order valence-electron chi connectivity index (χ4n) is 3.13. The van der Waals surface area contributed by atoms with Crippen LogP contribution in [0.1, 0.15) is 31.9 Å². The molecule has 10 heteroatoms. The SMILES string of the molecule is CC(C)(C)c1ccc(Oc2ccc(/C=C(\C#N)S(=O)(=O)c3cc(Cl)ccc3Cl)cc2[N+](=O)[O-])cc1. The second-order valence-electron chi connectivity index (χ2n) is 8.56. The Bertz CT molecular complexity index is 1470. The second-order valence-corrected chi connectivity index (χ2v) is 11.3. The Balaban J connectivity index is 1.99. The summed E-state index contributed by atoms with van der Waals surface area (Å²) in [5.41, 5.74) is 0.733. The van der Waals surface area contributed by atoms with Gasteiger partial charge in [0.2, 0.25) is 15.6 Å². The summed E-state index contributed by atoms with van der Waals surface area (Å²) in [4.78, 5) is 10.1. The first kappa shape index (κ1) is 26.2. The van der Waals surface area contributed by atoms with E-state index in [1.54, 1.807) is 18.2 Å². The van der Waals surface area contributed by atoms with Crippen molar-refractivity contribution in [3.63, 3.8) is 0 Å². The van der Waals surface area contributed by atoms with Gasteiger partial charge >= 0.3 is 5.69 Å². The Labute approximate surface area is 213 Å². The Hall–Kier alpha value is -3.38. The number of allylic oxidation sites excluding steroid dienone is 1. The minimum atomic E-state index is -4.33. The smallest absolute Gasteiger partial charge is 0.312 e. The molecule has 35 heavy (non-hydrogen) atoms. The number of halogens is 2. The van der Waals surface area contributed by atoms with Gasteiger partial charge in [0.1, 0.15) is 16.7 Å². The van der Waals surface area contributed by atoms with Crippen LogP contribution in [0.4, 0.5) is 5.69 Å². The second kappa shape index (κ2) is 10.1. The van der Waals surface area contributed by atoms with Gasteiger partial charge in [0.15, 0.2) is 0 Å². The van der Waals surface area contributed by atoms with Crippen LogP contribution in [-0.4, -0.2) is 13.3 Å². The van der Waals surface area contributed by atoms with Crippen molar-refractivity contribution >= 4 is 44.8 Å². The molecule has 3 aromatic carbocycles. The minimum absolute atomic E-state index is 0.0325. The molecule has 3 rings (SSSR count). The van der Waals surface area contributed by atoms with E-state index in [0.29, 0.717) is 5.75 Å². The normalized spacial score (nSPS) is 12.2. The van der Waals surface area contributed by atoms with E-state index >= 15 is 0 Å². The molecule has 0 N–H and O–H groups in total. The van der Waals surface area contributed by atoms with Crippen LogP contribution in [0.2, 0.25) is 10.0 Å². The van der Waals surface area contributed by atoms with Gasteiger partial charge in [-0.05, 0) is 59.0 Å². The highest BCUT2D eigenvalue weighted by molar-refractivity contribution is 7.95. The van der Waals surface area contributed by atoms with Gasteiger partial charge in [0.25, 0.3) is 0 Å². The Morgan fingerprint density at radius 2 is 1.71 bits per heavy atom. The zero-order valence-electron chi connectivity index (χ0n) is 19.0. The van der Waals surface area contributed by atoms with Crippen LogP contribution in [0.15, 0.2) is 70.5 Å². The molecule has 0 aliphatic rings. The molecule has 0 fully saturated rings. The number of nitriles is 1. The summed E-state index contributed by atoms with van der Waals surface area (Å²) in [5, 5.41) is 21.2. The topological polar surface area (TPSA) is 110 Å². The molecular formula is C25H20Cl2N2O5S. The Morgan fingerprint density at radius 1 is 1.06 bits per heavy atom. The lowest BCUT2D eigenvalue weighted by Gasteiger charge is -2.19. The maximum absolute atomic E-state index is 13.0. The summed E-state index contributed by atoms with van der Waals surface area (Å²) < 4.78 is 31.7. The van der Waals surface area contributed by atoms with Gasteiger partial charge in [-0.15, -0.1) is 0 Å². The summed E-state index contributed by atoms with van der Waals surface area (Å²) in [7, 11) is -4.33. The monoisotopic (exact) mass is 530 g/mol. The molecule has 0 aliphatic carbocycles. The van der Waals surface area contributed by atoms with E-state index in [4.69, 9.17) is 27.9 Å². The third-order valence-electron chi connectivity index (χ3n) is 5.01. The maximum Gasteiger partial charge on any atom is 0.312 e. The van der Waals surface area contributed by atoms with Gasteiger partial charge in [0.05, 0.1) is 14.8 Å². The average Bonchev–Trinajstić information content (AvgIpc) is 2.79. The minimum Gasteiger partial charge on any atom is -0.450 e. The number of benzene rings is 3. The first-order valence-electron chi connectivity index (χ1n) is 10.2. The first-order valence-corrected chi connectivity index (χ1v) is 12.5. The van der Waals surface area contributed by atoms with E-state index in [-0.39, 0.29) is 31.7 Å². The van der Waals surface area contributed by atoms with Crippen molar-refractivity contribution in [2.75, 3.05) is 0 Å². The summed E-state index contributed by atoms with van der Waals surface area (Å²) in [5.74, 6) is 0.371. The van der Waals surface area contributed by atoms with Gasteiger partial charge in [0, 0.05) is 11.1 Å². The number of nitrogens with zero attached hydrogens (tertiary/aromatic N) is 2. The van der Waals surface area contributed by atoms with Crippen LogP contribution in [0.3, 0.4) is 0 Å². The van der Waals surface area contributed by atoms with Crippen molar-refractivity contribution in [1.29, 1.82) is 5.26 Å². The number of sulfone groups is 1. The molecule has 3 aromatic rings. The summed E-state index contributed by atoms with van der Waals surface area (Å²) in [6.07, 6.45) is 1.03. The van der Waals surface area contributed by atoms with Crippen molar-refractivity contribution in [1.82, 2.24) is 0 Å². The molecule has 0 unspecified atom stereocenters. The number of rotatable bonds is 6. The van der Waals surface area contributed by atoms with Crippen molar-refractivity contribution in [2.45, 2.75) is 31.1 Å². The van der Waals surface area contributed by atoms with E-state index in [1.165, 1.54) is 24.3 Å². The van der Waals surface area contributed by atoms with Crippen LogP contribution in [0, 0.1) is 21.4 Å². The standard InChI is InChI=1S/C25H20Cl2N2O5S/c1-25(2,3)17-5-8-19(9-6-17)34-23-11-4-16(13-22(23)29(30)31)12-20(15-28)35(32,33)24-14-18(26)7-10-21(24)27/h4-14H,1-3H3/b20-12+. The largest absolute Gasteiger partial charge is 0.450 e. The third-order valence-corrected chi connectivity index (χ3v) is 7.39. The fraction of sp³-hybridized carbons (Fsp3) is 0.160. The van der Waals surface area contributed by atoms with Crippen molar-refractivity contribution in [3.8, 4) is 17.6 Å². The van der Waals surface area contributed by atoms with Crippen molar-refractivity contribution < 1.29 is 18.1 Å². The van der Waals surface area contributed by atoms with E-state index in [1.807, 2.05) is 12.1 Å². The molecule has 0 bridgehead atoms. The lowest BCUT2D eigenvalue weighted by Crippen LogP contribution is -2.10. The van der Waals surface area contributed by atoms with Gasteiger partial charge in [-0.2, -0.15) is 5.26 Å². The number of hydrogen-bond donors (Lipinski definition) is 0. The molecule has 0 saturated heterocycles. The molecule has 0 spiro atoms. The highest BCUT2D eigenvalue weighted by atomic mass is 35.5. The van der Waals surface area contributed by atoms with Crippen LogP contribution in [0.25, 0.3) is 6.08 Å². The summed E-state index contributed by atoms with van der Waals surface area (Å²) in [6, 6.07) is 16.6. The molecule has 0 atom stereocenters. The molecule has 0 heterocycles. The number of hydrogen-bond acceptors (Lipinski definition) is 6. The van der Waals surface area contributed by atoms with Crippen LogP contribution in [0.5, 0.6) is 11.5 Å².